The van der Waals surface area contributed by atoms with Gasteiger partial charge in [0.15, 0.2) is 0 Å². The van der Waals surface area contributed by atoms with Crippen LogP contribution in [0, 0.1) is 6.92 Å². The number of hydrogen-bond acceptors (Lipinski definition) is 2. The molecule has 3 nitrogen and oxygen atoms in total. The molecule has 90 valence electrons. The molecule has 2 rings (SSSR count). The highest BCUT2D eigenvalue weighted by molar-refractivity contribution is 9.10. The van der Waals surface area contributed by atoms with Crippen molar-refractivity contribution < 1.29 is 0 Å². The summed E-state index contributed by atoms with van der Waals surface area (Å²) in [5.74, 6) is 0.997. The van der Waals surface area contributed by atoms with Crippen molar-refractivity contribution in [3.8, 4) is 5.69 Å². The number of benzene rings is 1. The van der Waals surface area contributed by atoms with E-state index in [1.165, 1.54) is 5.56 Å². The molecule has 0 saturated carbocycles. The van der Waals surface area contributed by atoms with Gasteiger partial charge in [0.05, 0.1) is 0 Å². The quantitative estimate of drug-likeness (QED) is 0.939. The Hall–Kier alpha value is -1.13. The van der Waals surface area contributed by atoms with Crippen LogP contribution >= 0.6 is 15.9 Å². The third kappa shape index (κ3) is 2.76. The third-order valence-corrected chi connectivity index (χ3v) is 3.44. The number of rotatable bonds is 4. The molecule has 1 N–H and O–H groups in total. The van der Waals surface area contributed by atoms with E-state index in [2.05, 4.69) is 55.9 Å². The number of imidazole rings is 1. The van der Waals surface area contributed by atoms with Crippen LogP contribution in [0.4, 0.5) is 0 Å². The molecule has 0 aliphatic heterocycles. The average molecular weight is 294 g/mol. The molecule has 0 aliphatic carbocycles. The molecule has 0 saturated heterocycles. The molecule has 0 unspecified atom stereocenters. The number of aryl methyl sites for hydroxylation is 1. The minimum atomic E-state index is 0.889. The average Bonchev–Trinajstić information content (AvgIpc) is 2.74. The Balaban J connectivity index is 2.28. The number of aromatic nitrogens is 2. The minimum absolute atomic E-state index is 0.889. The molecule has 0 atom stereocenters. The molecule has 0 bridgehead atoms. The maximum Gasteiger partial charge on any atom is 0.110 e. The largest absolute Gasteiger partial charge is 0.313 e. The maximum atomic E-state index is 4.23. The van der Waals surface area contributed by atoms with Gasteiger partial charge in [0.2, 0.25) is 0 Å². The van der Waals surface area contributed by atoms with Crippen molar-refractivity contribution in [3.05, 3.63) is 46.5 Å². The Kier molecular flexibility index (Phi) is 3.97. The lowest BCUT2D eigenvalue weighted by Gasteiger charge is -2.09. The van der Waals surface area contributed by atoms with E-state index in [4.69, 9.17) is 0 Å². The van der Waals surface area contributed by atoms with Crippen molar-refractivity contribution in [1.29, 1.82) is 0 Å². The summed E-state index contributed by atoms with van der Waals surface area (Å²) in [5, 5.41) is 3.32. The Morgan fingerprint density at radius 3 is 2.82 bits per heavy atom. The summed E-state index contributed by atoms with van der Waals surface area (Å²) in [6, 6.07) is 6.38. The third-order valence-electron chi connectivity index (χ3n) is 2.71. The van der Waals surface area contributed by atoms with Gasteiger partial charge in [-0.2, -0.15) is 0 Å². The van der Waals surface area contributed by atoms with Gasteiger partial charge >= 0.3 is 0 Å². The first-order valence-electron chi connectivity index (χ1n) is 5.72. The van der Waals surface area contributed by atoms with E-state index < -0.39 is 0 Å². The highest BCUT2D eigenvalue weighted by atomic mass is 79.9. The number of nitrogens with zero attached hydrogens (tertiary/aromatic N) is 2. The monoisotopic (exact) mass is 293 g/mol. The van der Waals surface area contributed by atoms with Crippen molar-refractivity contribution in [3.63, 3.8) is 0 Å². The van der Waals surface area contributed by atoms with E-state index in [9.17, 15) is 0 Å². The lowest BCUT2D eigenvalue weighted by Crippen LogP contribution is -2.12. The molecule has 0 aliphatic rings. The van der Waals surface area contributed by atoms with E-state index in [-0.39, 0.29) is 0 Å². The van der Waals surface area contributed by atoms with Crippen molar-refractivity contribution in [1.82, 2.24) is 14.9 Å². The first-order chi connectivity index (χ1) is 8.22. The Labute approximate surface area is 110 Å². The SMILES string of the molecule is CCNCc1ccc(-n2ccnc2C)cc1Br. The Morgan fingerprint density at radius 1 is 1.41 bits per heavy atom. The van der Waals surface area contributed by atoms with E-state index >= 15 is 0 Å². The summed E-state index contributed by atoms with van der Waals surface area (Å²) in [4.78, 5) is 4.23. The molecule has 0 fully saturated rings. The Bertz CT molecular complexity index is 505. The molecule has 4 heteroatoms. The predicted molar refractivity (Wildman–Crippen MR) is 73.4 cm³/mol. The number of hydrogen-bond donors (Lipinski definition) is 1. The molecule has 1 aromatic heterocycles. The Morgan fingerprint density at radius 2 is 2.24 bits per heavy atom. The lowest BCUT2D eigenvalue weighted by atomic mass is 10.2. The van der Waals surface area contributed by atoms with Crippen molar-refractivity contribution in [2.75, 3.05) is 6.54 Å². The van der Waals surface area contributed by atoms with Gasteiger partial charge in [-0.1, -0.05) is 28.9 Å². The van der Waals surface area contributed by atoms with Gasteiger partial charge in [-0.3, -0.25) is 0 Å². The number of halogens is 1. The van der Waals surface area contributed by atoms with Gasteiger partial charge in [-0.15, -0.1) is 0 Å². The zero-order valence-electron chi connectivity index (χ0n) is 10.1. The van der Waals surface area contributed by atoms with Crippen LogP contribution in [-0.4, -0.2) is 16.1 Å². The molecule has 1 aromatic carbocycles. The molecule has 1 heterocycles. The van der Waals surface area contributed by atoms with E-state index in [1.54, 1.807) is 0 Å². The van der Waals surface area contributed by atoms with Crippen molar-refractivity contribution in [2.45, 2.75) is 20.4 Å². The van der Waals surface area contributed by atoms with Crippen LogP contribution in [0.1, 0.15) is 18.3 Å². The molecule has 0 spiro atoms. The highest BCUT2D eigenvalue weighted by Crippen LogP contribution is 2.21. The second kappa shape index (κ2) is 5.47. The zero-order chi connectivity index (χ0) is 12.3. The van der Waals surface area contributed by atoms with E-state index in [0.29, 0.717) is 0 Å². The summed E-state index contributed by atoms with van der Waals surface area (Å²) in [6.07, 6.45) is 3.79. The van der Waals surface area contributed by atoms with E-state index in [1.807, 2.05) is 19.3 Å². The summed E-state index contributed by atoms with van der Waals surface area (Å²) in [6.45, 7) is 5.98. The first-order valence-corrected chi connectivity index (χ1v) is 6.51. The van der Waals surface area contributed by atoms with Crippen LogP contribution in [0.15, 0.2) is 35.1 Å². The molecule has 0 amide bonds. The van der Waals surface area contributed by atoms with Crippen molar-refractivity contribution >= 4 is 15.9 Å². The summed E-state index contributed by atoms with van der Waals surface area (Å²) in [7, 11) is 0. The fraction of sp³-hybridized carbons (Fsp3) is 0.308. The standard InChI is InChI=1S/C13H16BrN3/c1-3-15-9-11-4-5-12(8-13(11)14)17-7-6-16-10(17)2/h4-8,15H,3,9H2,1-2H3. The van der Waals surface area contributed by atoms with Crippen molar-refractivity contribution in [2.24, 2.45) is 0 Å². The van der Waals surface area contributed by atoms with Gasteiger partial charge < -0.3 is 9.88 Å². The molecule has 2 aromatic rings. The van der Waals surface area contributed by atoms with Gasteiger partial charge in [0, 0.05) is 29.1 Å². The normalized spacial score (nSPS) is 10.8. The van der Waals surface area contributed by atoms with Crippen LogP contribution in [0.25, 0.3) is 5.69 Å². The summed E-state index contributed by atoms with van der Waals surface area (Å²) in [5.41, 5.74) is 2.40. The predicted octanol–water partition coefficient (Wildman–Crippen LogP) is 3.05. The zero-order valence-corrected chi connectivity index (χ0v) is 11.7. The van der Waals surface area contributed by atoms with E-state index in [0.717, 1.165) is 29.1 Å². The maximum absolute atomic E-state index is 4.23. The highest BCUT2D eigenvalue weighted by Gasteiger charge is 2.04. The van der Waals surface area contributed by atoms with Crippen LogP contribution in [0.5, 0.6) is 0 Å². The summed E-state index contributed by atoms with van der Waals surface area (Å²) < 4.78 is 3.20. The number of nitrogens with one attached hydrogen (secondary N) is 1. The topological polar surface area (TPSA) is 29.9 Å². The smallest absolute Gasteiger partial charge is 0.110 e. The van der Waals surface area contributed by atoms with Gasteiger partial charge in [-0.05, 0) is 31.2 Å². The van der Waals surface area contributed by atoms with Crippen LogP contribution in [0.2, 0.25) is 0 Å². The molecular formula is C13H16BrN3. The fourth-order valence-corrected chi connectivity index (χ4v) is 2.25. The van der Waals surface area contributed by atoms with Crippen LogP contribution in [-0.2, 0) is 6.54 Å². The summed E-state index contributed by atoms with van der Waals surface area (Å²) >= 11 is 3.61. The molecular weight excluding hydrogens is 278 g/mol. The van der Waals surface area contributed by atoms with Crippen LogP contribution < -0.4 is 5.32 Å². The van der Waals surface area contributed by atoms with Gasteiger partial charge in [0.25, 0.3) is 0 Å². The molecule has 0 radical (unpaired) electrons. The van der Waals surface area contributed by atoms with Gasteiger partial charge in [-0.25, -0.2) is 4.98 Å². The van der Waals surface area contributed by atoms with Crippen LogP contribution in [0.3, 0.4) is 0 Å². The minimum Gasteiger partial charge on any atom is -0.313 e. The fourth-order valence-electron chi connectivity index (χ4n) is 1.74. The molecule has 17 heavy (non-hydrogen) atoms. The van der Waals surface area contributed by atoms with Gasteiger partial charge in [0.1, 0.15) is 5.82 Å². The first kappa shape index (κ1) is 12.3. The second-order valence-electron chi connectivity index (χ2n) is 3.90. The second-order valence-corrected chi connectivity index (χ2v) is 4.75. The lowest BCUT2D eigenvalue weighted by molar-refractivity contribution is 0.724.